The second kappa shape index (κ2) is 6.68. The Labute approximate surface area is 156 Å². The summed E-state index contributed by atoms with van der Waals surface area (Å²) in [5.41, 5.74) is 0.834. The number of benzene rings is 1. The van der Waals surface area contributed by atoms with Crippen LogP contribution >= 0.6 is 0 Å². The molecule has 1 spiro atoms. The maximum absolute atomic E-state index is 15.1. The van der Waals surface area contributed by atoms with Gasteiger partial charge in [-0.25, -0.2) is 9.92 Å². The van der Waals surface area contributed by atoms with Crippen LogP contribution in [0.3, 0.4) is 0 Å². The molecule has 1 saturated heterocycles. The van der Waals surface area contributed by atoms with Crippen molar-refractivity contribution in [2.45, 2.75) is 31.3 Å². The van der Waals surface area contributed by atoms with Crippen LogP contribution in [-0.2, 0) is 13.6 Å². The van der Waals surface area contributed by atoms with Gasteiger partial charge in [0.2, 0.25) is 0 Å². The van der Waals surface area contributed by atoms with Gasteiger partial charge in [-0.15, -0.1) is 0 Å². The second-order valence-electron chi connectivity index (χ2n) is 7.29. The molecule has 1 aromatic heterocycles. The molecule has 4 rings (SSSR count). The fourth-order valence-electron chi connectivity index (χ4n) is 3.95. The molecule has 0 radical (unpaired) electrons. The highest BCUT2D eigenvalue weighted by atomic mass is 19.2. The van der Waals surface area contributed by atoms with Gasteiger partial charge in [0.15, 0.2) is 5.78 Å². The van der Waals surface area contributed by atoms with Crippen LogP contribution < -0.4 is 10.4 Å². The average Bonchev–Trinajstić information content (AvgIpc) is 3.10. The van der Waals surface area contributed by atoms with Crippen molar-refractivity contribution in [1.82, 2.24) is 20.0 Å². The van der Waals surface area contributed by atoms with Crippen LogP contribution in [0, 0.1) is 0 Å². The number of nitrogens with one attached hydrogen (secondary N) is 1. The maximum atomic E-state index is 15.1. The first-order valence-electron chi connectivity index (χ1n) is 9.07. The third-order valence-corrected chi connectivity index (χ3v) is 5.51. The number of fused-ring (bicyclic) bond motifs is 1. The molecule has 0 aliphatic carbocycles. The lowest BCUT2D eigenvalue weighted by Crippen LogP contribution is -2.57. The summed E-state index contributed by atoms with van der Waals surface area (Å²) < 4.78 is 16.8. The summed E-state index contributed by atoms with van der Waals surface area (Å²) in [5, 5.41) is 7.70. The standard InChI is InChI=1S/C19H22FN5O2/c1-23-13-14(12-22-23)11-21-18(27)24-8-6-19(7-9-24)10-17(26)15-4-2-3-5-16(15)25(19)20/h2-5,12-13H,6-11H2,1H3,(H,21,27). The molecule has 7 nitrogen and oxygen atoms in total. The highest BCUT2D eigenvalue weighted by Gasteiger charge is 2.47. The fourth-order valence-corrected chi connectivity index (χ4v) is 3.95. The Hall–Kier alpha value is -2.90. The van der Waals surface area contributed by atoms with Gasteiger partial charge in [-0.2, -0.15) is 5.10 Å². The van der Waals surface area contributed by atoms with Crippen LogP contribution in [0.15, 0.2) is 36.7 Å². The fraction of sp³-hybridized carbons (Fsp3) is 0.421. The predicted molar refractivity (Wildman–Crippen MR) is 98.0 cm³/mol. The lowest BCUT2D eigenvalue weighted by molar-refractivity contribution is 0.0805. The number of hydrogen-bond acceptors (Lipinski definition) is 4. The lowest BCUT2D eigenvalue weighted by atomic mass is 9.78. The highest BCUT2D eigenvalue weighted by molar-refractivity contribution is 6.04. The van der Waals surface area contributed by atoms with E-state index >= 15 is 4.48 Å². The van der Waals surface area contributed by atoms with Crippen LogP contribution in [0.4, 0.5) is 15.0 Å². The van der Waals surface area contributed by atoms with Crippen molar-refractivity contribution in [1.29, 1.82) is 0 Å². The number of nitrogens with zero attached hydrogens (tertiary/aromatic N) is 4. The molecule has 1 N–H and O–H groups in total. The topological polar surface area (TPSA) is 70.5 Å². The summed E-state index contributed by atoms with van der Waals surface area (Å²) in [6.45, 7) is 1.22. The molecule has 0 atom stereocenters. The minimum absolute atomic E-state index is 0.0334. The van der Waals surface area contributed by atoms with Crippen LogP contribution in [0.2, 0.25) is 0 Å². The Kier molecular flexibility index (Phi) is 4.33. The van der Waals surface area contributed by atoms with Gasteiger partial charge in [-0.1, -0.05) is 16.6 Å². The van der Waals surface area contributed by atoms with E-state index in [0.29, 0.717) is 43.7 Å². The van der Waals surface area contributed by atoms with Crippen molar-refractivity contribution in [3.63, 3.8) is 0 Å². The zero-order valence-corrected chi connectivity index (χ0v) is 15.2. The van der Waals surface area contributed by atoms with E-state index in [1.165, 1.54) is 0 Å². The van der Waals surface area contributed by atoms with E-state index in [1.807, 2.05) is 13.2 Å². The van der Waals surface area contributed by atoms with Gasteiger partial charge in [-0.05, 0) is 25.0 Å². The number of para-hydroxylation sites is 1. The summed E-state index contributed by atoms with van der Waals surface area (Å²) >= 11 is 0. The molecule has 1 fully saturated rings. The first-order chi connectivity index (χ1) is 13.0. The van der Waals surface area contributed by atoms with Crippen molar-refractivity contribution in [3.05, 3.63) is 47.8 Å². The highest BCUT2D eigenvalue weighted by Crippen LogP contribution is 2.42. The number of carbonyl (C=O) groups excluding carboxylic acids is 2. The van der Waals surface area contributed by atoms with Gasteiger partial charge in [0, 0.05) is 50.4 Å². The third-order valence-electron chi connectivity index (χ3n) is 5.51. The molecule has 142 valence electrons. The molecule has 2 amide bonds. The third kappa shape index (κ3) is 3.15. The summed E-state index contributed by atoms with van der Waals surface area (Å²) in [7, 11) is 1.82. The Balaban J connectivity index is 1.40. The number of rotatable bonds is 2. The van der Waals surface area contributed by atoms with E-state index in [-0.39, 0.29) is 18.2 Å². The molecule has 2 aliphatic heterocycles. The minimum atomic E-state index is -0.856. The van der Waals surface area contributed by atoms with E-state index in [2.05, 4.69) is 10.4 Å². The van der Waals surface area contributed by atoms with Crippen molar-refractivity contribution in [2.24, 2.45) is 7.05 Å². The van der Waals surface area contributed by atoms with E-state index in [4.69, 9.17) is 0 Å². The number of amides is 2. The van der Waals surface area contributed by atoms with Crippen molar-refractivity contribution >= 4 is 17.5 Å². The van der Waals surface area contributed by atoms with E-state index in [1.54, 1.807) is 40.0 Å². The van der Waals surface area contributed by atoms with Crippen LogP contribution in [-0.4, -0.2) is 45.1 Å². The molecule has 2 aromatic rings. The zero-order chi connectivity index (χ0) is 19.0. The number of Topliss-reactive ketones (excluding diaryl/α,β-unsaturated/α-hetero) is 1. The number of ketones is 1. The van der Waals surface area contributed by atoms with E-state index < -0.39 is 5.54 Å². The number of carbonyl (C=O) groups is 2. The lowest BCUT2D eigenvalue weighted by Gasteiger charge is -2.47. The predicted octanol–water partition coefficient (Wildman–Crippen LogP) is 2.44. The zero-order valence-electron chi connectivity index (χ0n) is 15.2. The molecule has 1 aromatic carbocycles. The number of halogens is 1. The number of hydrogen-bond donors (Lipinski definition) is 1. The maximum Gasteiger partial charge on any atom is 0.317 e. The van der Waals surface area contributed by atoms with Gasteiger partial charge in [-0.3, -0.25) is 9.48 Å². The summed E-state index contributed by atoms with van der Waals surface area (Å²) in [5.74, 6) is -0.0334. The van der Waals surface area contributed by atoms with Gasteiger partial charge in [0.05, 0.1) is 17.4 Å². The number of anilines is 1. The number of aromatic nitrogens is 2. The normalized spacial score (nSPS) is 18.5. The van der Waals surface area contributed by atoms with Gasteiger partial charge in [0.1, 0.15) is 0 Å². The summed E-state index contributed by atoms with van der Waals surface area (Å²) in [6, 6.07) is 6.61. The minimum Gasteiger partial charge on any atom is -0.334 e. The van der Waals surface area contributed by atoms with Gasteiger partial charge in [0.25, 0.3) is 0 Å². The van der Waals surface area contributed by atoms with E-state index in [0.717, 1.165) is 10.7 Å². The van der Waals surface area contributed by atoms with Crippen LogP contribution in [0.1, 0.15) is 35.2 Å². The Bertz CT molecular complexity index is 872. The Morgan fingerprint density at radius 3 is 2.74 bits per heavy atom. The Morgan fingerprint density at radius 2 is 2.04 bits per heavy atom. The quantitative estimate of drug-likeness (QED) is 0.824. The molecular formula is C19H22FN5O2. The monoisotopic (exact) mass is 371 g/mol. The molecule has 3 heterocycles. The SMILES string of the molecule is Cn1cc(CNC(=O)N2CCC3(CC2)CC(=O)c2ccccc2N3F)cn1. The van der Waals surface area contributed by atoms with Gasteiger partial charge < -0.3 is 10.2 Å². The van der Waals surface area contributed by atoms with Crippen molar-refractivity contribution in [2.75, 3.05) is 18.2 Å². The van der Waals surface area contributed by atoms with Crippen LogP contribution in [0.25, 0.3) is 0 Å². The van der Waals surface area contributed by atoms with Crippen molar-refractivity contribution < 1.29 is 14.1 Å². The first-order valence-corrected chi connectivity index (χ1v) is 9.07. The number of urea groups is 1. The van der Waals surface area contributed by atoms with Crippen LogP contribution in [0.5, 0.6) is 0 Å². The second-order valence-corrected chi connectivity index (χ2v) is 7.29. The molecule has 2 aliphatic rings. The summed E-state index contributed by atoms with van der Waals surface area (Å²) in [6.07, 6.45) is 4.54. The average molecular weight is 371 g/mol. The first kappa shape index (κ1) is 17.5. The number of aryl methyl sites for hydroxylation is 1. The Morgan fingerprint density at radius 1 is 1.30 bits per heavy atom. The van der Waals surface area contributed by atoms with Gasteiger partial charge >= 0.3 is 6.03 Å². The van der Waals surface area contributed by atoms with E-state index in [9.17, 15) is 9.59 Å². The van der Waals surface area contributed by atoms with Crippen molar-refractivity contribution in [3.8, 4) is 0 Å². The molecule has 0 saturated carbocycles. The molecule has 8 heteroatoms. The number of likely N-dealkylation sites (tertiary alicyclic amines) is 1. The molecule has 0 unspecified atom stereocenters. The number of piperidine rings is 1. The molecular weight excluding hydrogens is 349 g/mol. The largest absolute Gasteiger partial charge is 0.334 e. The summed E-state index contributed by atoms with van der Waals surface area (Å²) in [4.78, 5) is 26.6. The molecule has 0 bridgehead atoms. The molecule has 27 heavy (non-hydrogen) atoms. The smallest absolute Gasteiger partial charge is 0.317 e.